The van der Waals surface area contributed by atoms with Crippen molar-refractivity contribution >= 4 is 22.8 Å². The van der Waals surface area contributed by atoms with E-state index in [2.05, 4.69) is 9.88 Å². The molecule has 2 atom stereocenters. The molecule has 1 aromatic carbocycles. The van der Waals surface area contributed by atoms with E-state index < -0.39 is 18.1 Å². The van der Waals surface area contributed by atoms with Crippen molar-refractivity contribution in [2.75, 3.05) is 24.5 Å². The molecule has 34 heavy (non-hydrogen) atoms. The molecule has 0 amide bonds. The summed E-state index contributed by atoms with van der Waals surface area (Å²) in [6, 6.07) is 7.39. The number of aliphatic hydroxyl groups is 1. The molecule has 2 aliphatic heterocycles. The molecule has 1 unspecified atom stereocenters. The van der Waals surface area contributed by atoms with Gasteiger partial charge in [-0.3, -0.25) is 4.79 Å². The lowest BCUT2D eigenvalue weighted by Crippen LogP contribution is -2.45. The van der Waals surface area contributed by atoms with Gasteiger partial charge in [-0.2, -0.15) is 0 Å². The lowest BCUT2D eigenvalue weighted by molar-refractivity contribution is -0.138. The van der Waals surface area contributed by atoms with Gasteiger partial charge < -0.3 is 24.6 Å². The summed E-state index contributed by atoms with van der Waals surface area (Å²) < 4.78 is 1.86. The number of aliphatic hydroxyl groups excluding tert-OH is 1. The molecule has 0 spiro atoms. The van der Waals surface area contributed by atoms with Crippen molar-refractivity contribution in [2.45, 2.75) is 88.4 Å². The van der Waals surface area contributed by atoms with Crippen LogP contribution in [0.3, 0.4) is 0 Å². The molecule has 184 valence electrons. The number of para-hydroxylation sites is 2. The highest BCUT2D eigenvalue weighted by Gasteiger charge is 2.39. The van der Waals surface area contributed by atoms with Crippen molar-refractivity contribution in [1.29, 1.82) is 0 Å². The van der Waals surface area contributed by atoms with E-state index in [1.807, 2.05) is 28.8 Å². The number of anilines is 1. The third-order valence-electron chi connectivity index (χ3n) is 8.07. The fourth-order valence-corrected chi connectivity index (χ4v) is 6.28. The maximum Gasteiger partial charge on any atom is 0.326 e. The number of β-amino-alcohol motifs (C(OH)–C–C–N with tert-alkyl or cyclic N) is 1. The highest BCUT2D eigenvalue weighted by molar-refractivity contribution is 5.81. The number of rotatable bonds is 4. The maximum absolute atomic E-state index is 13.8. The minimum absolute atomic E-state index is 0.0553. The summed E-state index contributed by atoms with van der Waals surface area (Å²) in [5, 5.41) is 19.8. The van der Waals surface area contributed by atoms with Crippen molar-refractivity contribution < 1.29 is 15.0 Å². The van der Waals surface area contributed by atoms with Crippen molar-refractivity contribution in [3.63, 3.8) is 0 Å². The Labute approximate surface area is 200 Å². The standard InChI is InChI=1S/C26H36N4O4/c31-20-16-23(26(33)34)29(17-20)24-25(32)30(22-11-7-6-10-21(22)27-24)19-12-14-28(15-13-19)18-8-4-2-1-3-5-9-18/h6-7,10-11,18-20,23,31H,1-5,8-9,12-17H2,(H,33,34)/t20-,23?/m1/s1. The number of likely N-dealkylation sites (tertiary alicyclic amines) is 1. The van der Waals surface area contributed by atoms with Gasteiger partial charge in [0.1, 0.15) is 6.04 Å². The first-order chi connectivity index (χ1) is 16.5. The number of nitrogens with zero attached hydrogens (tertiary/aromatic N) is 4. The van der Waals surface area contributed by atoms with Gasteiger partial charge in [0.05, 0.1) is 17.1 Å². The van der Waals surface area contributed by atoms with E-state index in [4.69, 9.17) is 0 Å². The molecule has 2 N–H and O–H groups in total. The Kier molecular flexibility index (Phi) is 6.88. The minimum Gasteiger partial charge on any atom is -0.480 e. The number of benzene rings is 1. The van der Waals surface area contributed by atoms with Gasteiger partial charge in [0.25, 0.3) is 5.56 Å². The molecule has 2 aromatic rings. The molecule has 3 heterocycles. The van der Waals surface area contributed by atoms with Crippen LogP contribution >= 0.6 is 0 Å². The predicted molar refractivity (Wildman–Crippen MR) is 131 cm³/mol. The summed E-state index contributed by atoms with van der Waals surface area (Å²) in [6.07, 6.45) is 10.4. The van der Waals surface area contributed by atoms with Crippen LogP contribution in [0.15, 0.2) is 29.1 Å². The summed E-state index contributed by atoms with van der Waals surface area (Å²) in [5.74, 6) is -0.893. The van der Waals surface area contributed by atoms with Crippen LogP contribution in [-0.4, -0.2) is 68.5 Å². The Morgan fingerprint density at radius 2 is 1.62 bits per heavy atom. The summed E-state index contributed by atoms with van der Waals surface area (Å²) in [5.41, 5.74) is 1.24. The van der Waals surface area contributed by atoms with Crippen molar-refractivity contribution in [3.05, 3.63) is 34.6 Å². The van der Waals surface area contributed by atoms with Gasteiger partial charge in [0.2, 0.25) is 0 Å². The van der Waals surface area contributed by atoms with Gasteiger partial charge in [-0.1, -0.05) is 44.2 Å². The average Bonchev–Trinajstić information content (AvgIpc) is 3.21. The summed E-state index contributed by atoms with van der Waals surface area (Å²) in [7, 11) is 0. The molecular weight excluding hydrogens is 432 g/mol. The maximum atomic E-state index is 13.8. The fraction of sp³-hybridized carbons (Fsp3) is 0.654. The van der Waals surface area contributed by atoms with Crippen LogP contribution in [0.5, 0.6) is 0 Å². The van der Waals surface area contributed by atoms with Crippen LogP contribution in [0.25, 0.3) is 11.0 Å². The van der Waals surface area contributed by atoms with Crippen molar-refractivity contribution in [2.24, 2.45) is 0 Å². The minimum atomic E-state index is -1.04. The van der Waals surface area contributed by atoms with E-state index in [0.29, 0.717) is 11.6 Å². The van der Waals surface area contributed by atoms with Crippen LogP contribution in [0, 0.1) is 0 Å². The molecule has 1 aromatic heterocycles. The number of aliphatic carboxylic acids is 1. The Balaban J connectivity index is 1.44. The third kappa shape index (κ3) is 4.58. The van der Waals surface area contributed by atoms with Gasteiger partial charge in [0, 0.05) is 38.1 Å². The molecule has 8 heteroatoms. The summed E-state index contributed by atoms with van der Waals surface area (Å²) in [6.45, 7) is 2.07. The van der Waals surface area contributed by atoms with Gasteiger partial charge in [-0.15, -0.1) is 0 Å². The predicted octanol–water partition coefficient (Wildman–Crippen LogP) is 3.17. The normalized spacial score (nSPS) is 26.0. The molecule has 1 saturated carbocycles. The summed E-state index contributed by atoms with van der Waals surface area (Å²) in [4.78, 5) is 34.3. The first-order valence-corrected chi connectivity index (χ1v) is 13.0. The molecule has 1 aliphatic carbocycles. The second kappa shape index (κ2) is 10.0. The van der Waals surface area contributed by atoms with Gasteiger partial charge in [0.15, 0.2) is 5.82 Å². The smallest absolute Gasteiger partial charge is 0.326 e. The molecular formula is C26H36N4O4. The van der Waals surface area contributed by atoms with Gasteiger partial charge in [-0.05, 0) is 37.8 Å². The van der Waals surface area contributed by atoms with E-state index in [0.717, 1.165) is 31.4 Å². The number of hydrogen-bond donors (Lipinski definition) is 2. The number of hydrogen-bond acceptors (Lipinski definition) is 6. The third-order valence-corrected chi connectivity index (χ3v) is 8.07. The van der Waals surface area contributed by atoms with E-state index in [1.165, 1.54) is 49.8 Å². The zero-order chi connectivity index (χ0) is 23.7. The second-order valence-electron chi connectivity index (χ2n) is 10.3. The average molecular weight is 469 g/mol. The number of carboxylic acids is 1. The van der Waals surface area contributed by atoms with E-state index in [-0.39, 0.29) is 30.4 Å². The second-order valence-corrected chi connectivity index (χ2v) is 10.3. The van der Waals surface area contributed by atoms with Crippen LogP contribution in [0.4, 0.5) is 5.82 Å². The van der Waals surface area contributed by atoms with Crippen LogP contribution in [0.1, 0.15) is 70.3 Å². The van der Waals surface area contributed by atoms with E-state index >= 15 is 0 Å². The zero-order valence-corrected chi connectivity index (χ0v) is 19.8. The van der Waals surface area contributed by atoms with E-state index in [1.54, 1.807) is 0 Å². The molecule has 0 bridgehead atoms. The lowest BCUT2D eigenvalue weighted by Gasteiger charge is -2.39. The number of carboxylic acid groups (broad SMARTS) is 1. The Bertz CT molecular complexity index is 1070. The molecule has 5 rings (SSSR count). The summed E-state index contributed by atoms with van der Waals surface area (Å²) >= 11 is 0. The SMILES string of the molecule is O=C(O)C1C[C@@H](O)CN1c1nc2ccccc2n(C2CCN(C3CCCCCCC3)CC2)c1=O. The zero-order valence-electron chi connectivity index (χ0n) is 19.8. The largest absolute Gasteiger partial charge is 0.480 e. The highest BCUT2D eigenvalue weighted by atomic mass is 16.4. The molecule has 2 saturated heterocycles. The number of fused-ring (bicyclic) bond motifs is 1. The lowest BCUT2D eigenvalue weighted by atomic mass is 9.93. The molecule has 3 aliphatic rings. The molecule has 3 fully saturated rings. The Morgan fingerprint density at radius 3 is 2.32 bits per heavy atom. The highest BCUT2D eigenvalue weighted by Crippen LogP contribution is 2.31. The molecule has 0 radical (unpaired) electrons. The van der Waals surface area contributed by atoms with Crippen molar-refractivity contribution in [3.8, 4) is 0 Å². The van der Waals surface area contributed by atoms with Crippen molar-refractivity contribution in [1.82, 2.24) is 14.5 Å². The topological polar surface area (TPSA) is 98.9 Å². The molecule has 8 nitrogen and oxygen atoms in total. The Morgan fingerprint density at radius 1 is 0.941 bits per heavy atom. The fourth-order valence-electron chi connectivity index (χ4n) is 6.28. The van der Waals surface area contributed by atoms with Crippen LogP contribution in [0.2, 0.25) is 0 Å². The number of aromatic nitrogens is 2. The Hall–Kier alpha value is -2.45. The monoisotopic (exact) mass is 468 g/mol. The van der Waals surface area contributed by atoms with Gasteiger partial charge in [-0.25, -0.2) is 9.78 Å². The first-order valence-electron chi connectivity index (χ1n) is 13.0. The quantitative estimate of drug-likeness (QED) is 0.711. The van der Waals surface area contributed by atoms with E-state index in [9.17, 15) is 19.8 Å². The van der Waals surface area contributed by atoms with Crippen LogP contribution in [-0.2, 0) is 4.79 Å². The van der Waals surface area contributed by atoms with Gasteiger partial charge >= 0.3 is 5.97 Å². The number of piperidine rings is 1. The van der Waals surface area contributed by atoms with Crippen LogP contribution < -0.4 is 10.5 Å². The number of carbonyl (C=O) groups is 1. The first kappa shape index (κ1) is 23.3.